The van der Waals surface area contributed by atoms with Crippen LogP contribution in [0.2, 0.25) is 0 Å². The summed E-state index contributed by atoms with van der Waals surface area (Å²) >= 11 is 1.70. The highest BCUT2D eigenvalue weighted by Gasteiger charge is 2.08. The third kappa shape index (κ3) is 5.32. The number of piperidine rings is 1. The number of unbranched alkanes of at least 4 members (excludes halogenated alkanes) is 1. The first kappa shape index (κ1) is 11.1. The van der Waals surface area contributed by atoms with Crippen LogP contribution in [-0.4, -0.2) is 24.6 Å². The number of nitrogens with zero attached hydrogens (tertiary/aromatic N) is 1. The second-order valence-corrected chi connectivity index (χ2v) is 4.37. The van der Waals surface area contributed by atoms with Crippen molar-refractivity contribution in [2.75, 3.05) is 12.3 Å². The summed E-state index contributed by atoms with van der Waals surface area (Å²) in [6.07, 6.45) is 8.57. The molecule has 2 nitrogen and oxygen atoms in total. The molecule has 1 aliphatic heterocycles. The van der Waals surface area contributed by atoms with Crippen molar-refractivity contribution < 1.29 is 0 Å². The maximum Gasteiger partial charge on any atom is 0.0431 e. The fraction of sp³-hybridized carbons (Fsp3) is 0.900. The molecule has 0 bridgehead atoms. The van der Waals surface area contributed by atoms with Gasteiger partial charge in [-0.3, -0.25) is 0 Å². The Balaban J connectivity index is 2.01. The fourth-order valence-electron chi connectivity index (χ4n) is 1.38. The van der Waals surface area contributed by atoms with E-state index in [-0.39, 0.29) is 0 Å². The quantitative estimate of drug-likeness (QED) is 0.419. The van der Waals surface area contributed by atoms with Crippen molar-refractivity contribution in [2.24, 2.45) is 4.40 Å². The highest BCUT2D eigenvalue weighted by atomic mass is 32.2. The molecule has 0 amide bonds. The maximum atomic E-state index is 4.36. The molecule has 0 aromatic rings. The van der Waals surface area contributed by atoms with Gasteiger partial charge in [0, 0.05) is 18.0 Å². The van der Waals surface area contributed by atoms with E-state index in [1.807, 2.05) is 0 Å². The minimum Gasteiger partial charge on any atom is -0.309 e. The van der Waals surface area contributed by atoms with Gasteiger partial charge in [-0.2, -0.15) is 0 Å². The van der Waals surface area contributed by atoms with E-state index in [2.05, 4.69) is 22.9 Å². The molecule has 0 spiro atoms. The molecule has 3 heteroatoms. The van der Waals surface area contributed by atoms with Crippen molar-refractivity contribution in [3.8, 4) is 0 Å². The van der Waals surface area contributed by atoms with Crippen molar-refractivity contribution in [1.29, 1.82) is 0 Å². The van der Waals surface area contributed by atoms with Crippen molar-refractivity contribution in [2.45, 2.75) is 45.1 Å². The molecule has 1 unspecified atom stereocenters. The van der Waals surface area contributed by atoms with Crippen LogP contribution in [0.3, 0.4) is 0 Å². The van der Waals surface area contributed by atoms with Crippen LogP contribution in [0, 0.1) is 0 Å². The Morgan fingerprint density at radius 2 is 2.46 bits per heavy atom. The minimum absolute atomic E-state index is 0.544. The van der Waals surface area contributed by atoms with Crippen molar-refractivity contribution >= 4 is 18.2 Å². The number of hydrogen-bond donors (Lipinski definition) is 1. The Hall–Kier alpha value is -0.0200. The molecule has 1 N–H and O–H groups in total. The lowest BCUT2D eigenvalue weighted by Crippen LogP contribution is -2.34. The molecule has 1 fully saturated rings. The van der Waals surface area contributed by atoms with E-state index in [0.29, 0.717) is 6.04 Å². The molecule has 0 radical (unpaired) electrons. The minimum atomic E-state index is 0.544. The highest BCUT2D eigenvalue weighted by Crippen LogP contribution is 2.08. The third-order valence-electron chi connectivity index (χ3n) is 2.25. The van der Waals surface area contributed by atoms with Crippen molar-refractivity contribution in [3.63, 3.8) is 0 Å². The lowest BCUT2D eigenvalue weighted by molar-refractivity contribution is 0.477. The summed E-state index contributed by atoms with van der Waals surface area (Å²) < 4.78 is 4.36. The Bertz CT molecular complexity index is 142. The van der Waals surface area contributed by atoms with Gasteiger partial charge in [0.1, 0.15) is 0 Å². The van der Waals surface area contributed by atoms with Crippen LogP contribution < -0.4 is 5.32 Å². The van der Waals surface area contributed by atoms with E-state index in [1.54, 1.807) is 11.9 Å². The summed E-state index contributed by atoms with van der Waals surface area (Å²) in [6, 6.07) is 0.544. The Labute approximate surface area is 85.7 Å². The molecule has 1 saturated heterocycles. The summed E-state index contributed by atoms with van der Waals surface area (Å²) in [5.41, 5.74) is 0. The predicted octanol–water partition coefficient (Wildman–Crippen LogP) is 2.65. The first-order valence-corrected chi connectivity index (χ1v) is 6.26. The first-order chi connectivity index (χ1) is 6.43. The smallest absolute Gasteiger partial charge is 0.0431 e. The number of nitrogens with one attached hydrogen (secondary N) is 1. The zero-order valence-electron chi connectivity index (χ0n) is 8.46. The SMILES string of the molecule is CCCCS/N=C\C1CCCCN1. The summed E-state index contributed by atoms with van der Waals surface area (Å²) in [7, 11) is 0. The molecule has 0 aromatic carbocycles. The zero-order valence-corrected chi connectivity index (χ0v) is 9.28. The maximum absolute atomic E-state index is 4.36. The molecule has 76 valence electrons. The molecular formula is C10H20N2S. The Morgan fingerprint density at radius 3 is 3.15 bits per heavy atom. The number of rotatable bonds is 5. The topological polar surface area (TPSA) is 24.4 Å². The van der Waals surface area contributed by atoms with E-state index >= 15 is 0 Å². The predicted molar refractivity (Wildman–Crippen MR) is 61.5 cm³/mol. The number of hydrogen-bond acceptors (Lipinski definition) is 3. The van der Waals surface area contributed by atoms with Crippen molar-refractivity contribution in [1.82, 2.24) is 5.32 Å². The third-order valence-corrected chi connectivity index (χ3v) is 2.99. The van der Waals surface area contributed by atoms with Crippen molar-refractivity contribution in [3.05, 3.63) is 0 Å². The van der Waals surface area contributed by atoms with E-state index in [0.717, 1.165) is 6.54 Å². The van der Waals surface area contributed by atoms with Gasteiger partial charge < -0.3 is 5.32 Å². The standard InChI is InChI=1S/C10H20N2S/c1-2-3-8-13-12-9-10-6-4-5-7-11-10/h9-11H,2-8H2,1H3/b12-9-. The van der Waals surface area contributed by atoms with Gasteiger partial charge in [-0.1, -0.05) is 19.8 Å². The van der Waals surface area contributed by atoms with Gasteiger partial charge in [-0.15, -0.1) is 0 Å². The van der Waals surface area contributed by atoms with Crippen LogP contribution in [0.25, 0.3) is 0 Å². The van der Waals surface area contributed by atoms with Gasteiger partial charge in [0.2, 0.25) is 0 Å². The van der Waals surface area contributed by atoms with Gasteiger partial charge >= 0.3 is 0 Å². The average molecular weight is 200 g/mol. The molecule has 0 aromatic heterocycles. The van der Waals surface area contributed by atoms with Gasteiger partial charge in [-0.25, -0.2) is 4.40 Å². The van der Waals surface area contributed by atoms with Gasteiger partial charge in [0.25, 0.3) is 0 Å². The normalized spacial score (nSPS) is 23.9. The molecule has 0 saturated carbocycles. The molecule has 13 heavy (non-hydrogen) atoms. The second-order valence-electron chi connectivity index (χ2n) is 3.50. The van der Waals surface area contributed by atoms with Crippen LogP contribution in [0.15, 0.2) is 4.40 Å². The van der Waals surface area contributed by atoms with Crippen LogP contribution in [0.5, 0.6) is 0 Å². The van der Waals surface area contributed by atoms with Crippen LogP contribution in [0.1, 0.15) is 39.0 Å². The molecule has 0 aliphatic carbocycles. The lowest BCUT2D eigenvalue weighted by atomic mass is 10.1. The largest absolute Gasteiger partial charge is 0.309 e. The summed E-state index contributed by atoms with van der Waals surface area (Å²) in [5.74, 6) is 1.17. The second kappa shape index (κ2) is 7.39. The van der Waals surface area contributed by atoms with E-state index in [4.69, 9.17) is 0 Å². The highest BCUT2D eigenvalue weighted by molar-refractivity contribution is 7.98. The summed E-state index contributed by atoms with van der Waals surface area (Å²) in [5, 5.41) is 3.45. The van der Waals surface area contributed by atoms with Gasteiger partial charge in [0.15, 0.2) is 0 Å². The van der Waals surface area contributed by atoms with E-state index in [1.165, 1.54) is 37.9 Å². The first-order valence-electron chi connectivity index (χ1n) is 5.32. The molecule has 1 rings (SSSR count). The van der Waals surface area contributed by atoms with Gasteiger partial charge in [-0.05, 0) is 37.8 Å². The monoisotopic (exact) mass is 200 g/mol. The molecule has 1 heterocycles. The van der Waals surface area contributed by atoms with Gasteiger partial charge in [0.05, 0.1) is 0 Å². The van der Waals surface area contributed by atoms with Crippen LogP contribution in [-0.2, 0) is 0 Å². The Kier molecular flexibility index (Phi) is 6.29. The van der Waals surface area contributed by atoms with Crippen LogP contribution in [0.4, 0.5) is 0 Å². The Morgan fingerprint density at radius 1 is 1.54 bits per heavy atom. The van der Waals surface area contributed by atoms with E-state index in [9.17, 15) is 0 Å². The van der Waals surface area contributed by atoms with E-state index < -0.39 is 0 Å². The molecule has 1 atom stereocenters. The fourth-order valence-corrected chi connectivity index (χ4v) is 2.14. The average Bonchev–Trinajstić information content (AvgIpc) is 2.19. The molecular weight excluding hydrogens is 180 g/mol. The summed E-state index contributed by atoms with van der Waals surface area (Å²) in [6.45, 7) is 3.38. The summed E-state index contributed by atoms with van der Waals surface area (Å²) in [4.78, 5) is 0. The van der Waals surface area contributed by atoms with Crippen LogP contribution >= 0.6 is 11.9 Å². The zero-order chi connectivity index (χ0) is 9.36. The molecule has 1 aliphatic rings. The lowest BCUT2D eigenvalue weighted by Gasteiger charge is -2.18.